The predicted octanol–water partition coefficient (Wildman–Crippen LogP) is 0.741. The standard InChI is InChI=1S/C12H12N4O3/c1-7-4-10(16-15-7)11(17)14-6-8-2-3-9(12(18)19)13-5-8/h2-5H,6H2,1H3,(H,14,17)(H,15,16)(H,18,19). The predicted molar refractivity (Wildman–Crippen MR) is 65.7 cm³/mol. The Hall–Kier alpha value is -2.70. The molecule has 3 N–H and O–H groups in total. The Bertz CT molecular complexity index is 604. The van der Waals surface area contributed by atoms with E-state index in [4.69, 9.17) is 5.11 Å². The Morgan fingerprint density at radius 2 is 2.16 bits per heavy atom. The fourth-order valence-corrected chi connectivity index (χ4v) is 1.46. The molecule has 2 heterocycles. The molecular formula is C12H12N4O3. The molecule has 98 valence electrons. The molecule has 0 unspecified atom stereocenters. The third kappa shape index (κ3) is 3.15. The second-order valence-electron chi connectivity index (χ2n) is 3.98. The SMILES string of the molecule is Cc1cc(C(=O)NCc2ccc(C(=O)O)nc2)n[nH]1. The molecule has 19 heavy (non-hydrogen) atoms. The highest BCUT2D eigenvalue weighted by Gasteiger charge is 2.09. The van der Waals surface area contributed by atoms with E-state index in [9.17, 15) is 9.59 Å². The zero-order valence-corrected chi connectivity index (χ0v) is 10.2. The highest BCUT2D eigenvalue weighted by atomic mass is 16.4. The maximum atomic E-state index is 11.7. The first-order chi connectivity index (χ1) is 9.06. The molecule has 7 heteroatoms. The third-order valence-corrected chi connectivity index (χ3v) is 2.44. The number of aromatic carboxylic acids is 1. The molecule has 0 atom stereocenters. The van der Waals surface area contributed by atoms with Gasteiger partial charge in [-0.15, -0.1) is 0 Å². The van der Waals surface area contributed by atoms with Gasteiger partial charge in [-0.1, -0.05) is 6.07 Å². The smallest absolute Gasteiger partial charge is 0.354 e. The van der Waals surface area contributed by atoms with Crippen molar-refractivity contribution in [2.75, 3.05) is 0 Å². The van der Waals surface area contributed by atoms with Gasteiger partial charge in [-0.2, -0.15) is 5.10 Å². The van der Waals surface area contributed by atoms with Crippen molar-refractivity contribution in [1.82, 2.24) is 20.5 Å². The molecule has 0 bridgehead atoms. The van der Waals surface area contributed by atoms with Gasteiger partial charge in [0, 0.05) is 18.4 Å². The lowest BCUT2D eigenvalue weighted by molar-refractivity contribution is 0.0690. The van der Waals surface area contributed by atoms with Gasteiger partial charge >= 0.3 is 5.97 Å². The van der Waals surface area contributed by atoms with E-state index in [1.165, 1.54) is 12.3 Å². The summed E-state index contributed by atoms with van der Waals surface area (Å²) < 4.78 is 0. The van der Waals surface area contributed by atoms with Gasteiger partial charge in [-0.05, 0) is 24.6 Å². The summed E-state index contributed by atoms with van der Waals surface area (Å²) >= 11 is 0. The lowest BCUT2D eigenvalue weighted by Crippen LogP contribution is -2.23. The zero-order chi connectivity index (χ0) is 13.8. The summed E-state index contributed by atoms with van der Waals surface area (Å²) in [5.74, 6) is -1.38. The van der Waals surface area contributed by atoms with Crippen LogP contribution in [0.1, 0.15) is 32.2 Å². The van der Waals surface area contributed by atoms with Crippen molar-refractivity contribution in [2.45, 2.75) is 13.5 Å². The second-order valence-corrected chi connectivity index (χ2v) is 3.98. The van der Waals surface area contributed by atoms with E-state index in [0.717, 1.165) is 5.69 Å². The number of rotatable bonds is 4. The fraction of sp³-hybridized carbons (Fsp3) is 0.167. The number of aryl methyl sites for hydroxylation is 1. The van der Waals surface area contributed by atoms with Crippen LogP contribution in [0.15, 0.2) is 24.4 Å². The number of carbonyl (C=O) groups is 2. The molecule has 2 aromatic rings. The molecule has 0 aromatic carbocycles. The highest BCUT2D eigenvalue weighted by Crippen LogP contribution is 2.02. The number of H-pyrrole nitrogens is 1. The minimum Gasteiger partial charge on any atom is -0.477 e. The average molecular weight is 260 g/mol. The van der Waals surface area contributed by atoms with Crippen molar-refractivity contribution >= 4 is 11.9 Å². The van der Waals surface area contributed by atoms with Crippen LogP contribution in [0.5, 0.6) is 0 Å². The van der Waals surface area contributed by atoms with Crippen LogP contribution in [0.25, 0.3) is 0 Å². The van der Waals surface area contributed by atoms with E-state index in [-0.39, 0.29) is 18.1 Å². The molecule has 0 aliphatic carbocycles. The minimum absolute atomic E-state index is 0.0296. The van der Waals surface area contributed by atoms with Crippen molar-refractivity contribution in [2.24, 2.45) is 0 Å². The summed E-state index contributed by atoms with van der Waals surface area (Å²) in [6.07, 6.45) is 1.42. The number of aromatic nitrogens is 3. The summed E-state index contributed by atoms with van der Waals surface area (Å²) in [6.45, 7) is 2.07. The maximum absolute atomic E-state index is 11.7. The van der Waals surface area contributed by atoms with Gasteiger partial charge in [0.1, 0.15) is 11.4 Å². The molecule has 0 fully saturated rings. The van der Waals surface area contributed by atoms with Crippen molar-refractivity contribution in [3.8, 4) is 0 Å². The molecule has 7 nitrogen and oxygen atoms in total. The van der Waals surface area contributed by atoms with Gasteiger partial charge in [-0.3, -0.25) is 9.89 Å². The lowest BCUT2D eigenvalue weighted by Gasteiger charge is -2.03. The summed E-state index contributed by atoms with van der Waals surface area (Å²) in [5, 5.41) is 17.9. The first-order valence-corrected chi connectivity index (χ1v) is 5.54. The van der Waals surface area contributed by atoms with Gasteiger partial charge < -0.3 is 10.4 Å². The van der Waals surface area contributed by atoms with E-state index in [1.54, 1.807) is 19.1 Å². The topological polar surface area (TPSA) is 108 Å². The number of aromatic amines is 1. The van der Waals surface area contributed by atoms with Gasteiger partial charge in [0.2, 0.25) is 0 Å². The molecular weight excluding hydrogens is 248 g/mol. The fourth-order valence-electron chi connectivity index (χ4n) is 1.46. The van der Waals surface area contributed by atoms with E-state index >= 15 is 0 Å². The van der Waals surface area contributed by atoms with Crippen LogP contribution in [0.2, 0.25) is 0 Å². The monoisotopic (exact) mass is 260 g/mol. The van der Waals surface area contributed by atoms with Crippen LogP contribution >= 0.6 is 0 Å². The number of carboxylic acids is 1. The number of hydrogen-bond acceptors (Lipinski definition) is 4. The number of hydrogen-bond donors (Lipinski definition) is 3. The lowest BCUT2D eigenvalue weighted by atomic mass is 10.2. The molecule has 0 spiro atoms. The van der Waals surface area contributed by atoms with Crippen molar-refractivity contribution in [3.05, 3.63) is 47.0 Å². The number of amides is 1. The Balaban J connectivity index is 1.95. The number of pyridine rings is 1. The van der Waals surface area contributed by atoms with Gasteiger partial charge in [0.25, 0.3) is 5.91 Å². The van der Waals surface area contributed by atoms with Gasteiger partial charge in [0.05, 0.1) is 0 Å². The van der Waals surface area contributed by atoms with Crippen LogP contribution in [-0.2, 0) is 6.54 Å². The average Bonchev–Trinajstić information content (AvgIpc) is 2.83. The van der Waals surface area contributed by atoms with Gasteiger partial charge in [0.15, 0.2) is 0 Å². The normalized spacial score (nSPS) is 10.2. The Kier molecular flexibility index (Phi) is 3.56. The summed E-state index contributed by atoms with van der Waals surface area (Å²) in [7, 11) is 0. The Morgan fingerprint density at radius 1 is 1.37 bits per heavy atom. The van der Waals surface area contributed by atoms with Crippen LogP contribution in [0.3, 0.4) is 0 Å². The first-order valence-electron chi connectivity index (χ1n) is 5.54. The molecule has 1 amide bonds. The largest absolute Gasteiger partial charge is 0.477 e. The number of carboxylic acid groups (broad SMARTS) is 1. The van der Waals surface area contributed by atoms with Crippen molar-refractivity contribution in [1.29, 1.82) is 0 Å². The van der Waals surface area contributed by atoms with Crippen LogP contribution < -0.4 is 5.32 Å². The first kappa shape index (κ1) is 12.7. The molecule has 0 radical (unpaired) electrons. The molecule has 0 saturated carbocycles. The van der Waals surface area contributed by atoms with E-state index in [0.29, 0.717) is 11.3 Å². The van der Waals surface area contributed by atoms with Crippen LogP contribution in [0.4, 0.5) is 0 Å². The Morgan fingerprint density at radius 3 is 2.68 bits per heavy atom. The molecule has 2 rings (SSSR count). The van der Waals surface area contributed by atoms with Crippen LogP contribution in [-0.4, -0.2) is 32.2 Å². The van der Waals surface area contributed by atoms with Crippen LogP contribution in [0, 0.1) is 6.92 Å². The van der Waals surface area contributed by atoms with E-state index < -0.39 is 5.97 Å². The second kappa shape index (κ2) is 5.30. The maximum Gasteiger partial charge on any atom is 0.354 e. The van der Waals surface area contributed by atoms with Crippen molar-refractivity contribution in [3.63, 3.8) is 0 Å². The van der Waals surface area contributed by atoms with Gasteiger partial charge in [-0.25, -0.2) is 9.78 Å². The van der Waals surface area contributed by atoms with Crippen molar-refractivity contribution < 1.29 is 14.7 Å². The Labute approximate surface area is 108 Å². The summed E-state index contributed by atoms with van der Waals surface area (Å²) in [4.78, 5) is 26.1. The summed E-state index contributed by atoms with van der Waals surface area (Å²) in [5.41, 5.74) is 1.80. The zero-order valence-electron chi connectivity index (χ0n) is 10.2. The van der Waals surface area contributed by atoms with E-state index in [2.05, 4.69) is 20.5 Å². The molecule has 0 saturated heterocycles. The third-order valence-electron chi connectivity index (χ3n) is 2.44. The molecule has 0 aliphatic heterocycles. The number of carbonyl (C=O) groups excluding carboxylic acids is 1. The molecule has 0 aliphatic rings. The quantitative estimate of drug-likeness (QED) is 0.751. The summed E-state index contributed by atoms with van der Waals surface area (Å²) in [6, 6.07) is 4.64. The number of nitrogens with zero attached hydrogens (tertiary/aromatic N) is 2. The number of nitrogens with one attached hydrogen (secondary N) is 2. The molecule has 2 aromatic heterocycles. The highest BCUT2D eigenvalue weighted by molar-refractivity contribution is 5.92. The van der Waals surface area contributed by atoms with E-state index in [1.807, 2.05) is 0 Å². The minimum atomic E-state index is -1.08.